The van der Waals surface area contributed by atoms with Gasteiger partial charge >= 0.3 is 5.97 Å². The van der Waals surface area contributed by atoms with Crippen LogP contribution in [0.2, 0.25) is 0 Å². The molecule has 38 heavy (non-hydrogen) atoms. The first-order valence-corrected chi connectivity index (χ1v) is 13.1. The first kappa shape index (κ1) is 28.5. The van der Waals surface area contributed by atoms with E-state index in [9.17, 15) is 9.59 Å². The van der Waals surface area contributed by atoms with Gasteiger partial charge in [-0.1, -0.05) is 62.2 Å². The molecule has 6 nitrogen and oxygen atoms in total. The Hall–Kier alpha value is -4.06. The van der Waals surface area contributed by atoms with Crippen molar-refractivity contribution in [2.24, 2.45) is 0 Å². The van der Waals surface area contributed by atoms with Gasteiger partial charge in [0.25, 0.3) is 0 Å². The van der Waals surface area contributed by atoms with Crippen LogP contribution in [-0.2, 0) is 17.8 Å². The third-order valence-electron chi connectivity index (χ3n) is 6.25. The van der Waals surface area contributed by atoms with Crippen molar-refractivity contribution in [1.29, 1.82) is 0 Å². The molecular formula is C32H37NO5. The van der Waals surface area contributed by atoms with E-state index in [-0.39, 0.29) is 24.4 Å². The number of carboxylic acids is 1. The lowest BCUT2D eigenvalue weighted by molar-refractivity contribution is -0.137. The maximum atomic E-state index is 13.0. The summed E-state index contributed by atoms with van der Waals surface area (Å²) in [6, 6.07) is 19.4. The molecule has 0 aliphatic rings. The minimum absolute atomic E-state index is 0.00408. The zero-order valence-corrected chi connectivity index (χ0v) is 22.2. The van der Waals surface area contributed by atoms with Crippen LogP contribution in [-0.4, -0.2) is 23.5 Å². The third-order valence-corrected chi connectivity index (χ3v) is 6.25. The van der Waals surface area contributed by atoms with Crippen LogP contribution in [0, 0.1) is 6.92 Å². The van der Waals surface area contributed by atoms with E-state index in [4.69, 9.17) is 20.3 Å². The molecule has 0 spiro atoms. The summed E-state index contributed by atoms with van der Waals surface area (Å²) in [5.41, 5.74) is 11.0. The lowest BCUT2D eigenvalue weighted by Gasteiger charge is -2.11. The van der Waals surface area contributed by atoms with Crippen molar-refractivity contribution < 1.29 is 24.2 Å². The minimum atomic E-state index is -0.890. The number of benzene rings is 3. The number of aryl methyl sites for hydroxylation is 2. The zero-order valence-electron chi connectivity index (χ0n) is 22.2. The van der Waals surface area contributed by atoms with Crippen molar-refractivity contribution >= 4 is 23.5 Å². The second-order valence-corrected chi connectivity index (χ2v) is 9.34. The molecule has 0 saturated carbocycles. The lowest BCUT2D eigenvalue weighted by atomic mass is 10.0. The van der Waals surface area contributed by atoms with E-state index >= 15 is 0 Å². The van der Waals surface area contributed by atoms with Crippen molar-refractivity contribution in [3.05, 3.63) is 94.6 Å². The number of unbranched alkanes of at least 4 members (excludes halogenated alkanes) is 2. The highest BCUT2D eigenvalue weighted by Crippen LogP contribution is 2.27. The Bertz CT molecular complexity index is 1250. The van der Waals surface area contributed by atoms with Gasteiger partial charge < -0.3 is 20.3 Å². The fourth-order valence-corrected chi connectivity index (χ4v) is 4.06. The number of carbonyl (C=O) groups excluding carboxylic acids is 1. The maximum Gasteiger partial charge on any atom is 0.303 e. The van der Waals surface area contributed by atoms with Crippen LogP contribution < -0.4 is 15.2 Å². The van der Waals surface area contributed by atoms with E-state index in [0.29, 0.717) is 24.5 Å². The van der Waals surface area contributed by atoms with Crippen molar-refractivity contribution in [3.63, 3.8) is 0 Å². The number of ether oxygens (including phenoxy) is 2. The van der Waals surface area contributed by atoms with Gasteiger partial charge in [-0.25, -0.2) is 0 Å². The fraction of sp³-hybridized carbons (Fsp3) is 0.312. The van der Waals surface area contributed by atoms with Gasteiger partial charge in [0.1, 0.15) is 18.1 Å². The predicted octanol–water partition coefficient (Wildman–Crippen LogP) is 7.03. The molecule has 0 aromatic heterocycles. The van der Waals surface area contributed by atoms with Crippen LogP contribution in [0.1, 0.15) is 71.6 Å². The van der Waals surface area contributed by atoms with Gasteiger partial charge in [-0.05, 0) is 78.8 Å². The van der Waals surface area contributed by atoms with Gasteiger partial charge in [0.05, 0.1) is 12.2 Å². The number of rotatable bonds is 15. The van der Waals surface area contributed by atoms with Crippen molar-refractivity contribution in [3.8, 4) is 11.5 Å². The van der Waals surface area contributed by atoms with E-state index in [2.05, 4.69) is 31.2 Å². The summed E-state index contributed by atoms with van der Waals surface area (Å²) in [7, 11) is 0. The number of nitrogens with two attached hydrogens (primary N) is 1. The van der Waals surface area contributed by atoms with Crippen molar-refractivity contribution in [2.75, 3.05) is 12.3 Å². The molecule has 0 unspecified atom stereocenters. The van der Waals surface area contributed by atoms with E-state index in [1.807, 2.05) is 25.1 Å². The molecule has 0 amide bonds. The molecule has 0 fully saturated rings. The van der Waals surface area contributed by atoms with Gasteiger partial charge in [-0.3, -0.25) is 9.59 Å². The monoisotopic (exact) mass is 515 g/mol. The summed E-state index contributed by atoms with van der Waals surface area (Å²) in [6.07, 6.45) is 8.38. The predicted molar refractivity (Wildman–Crippen MR) is 152 cm³/mol. The average molecular weight is 516 g/mol. The number of nitrogen functional groups attached to an aromatic ring is 1. The summed E-state index contributed by atoms with van der Waals surface area (Å²) in [5, 5.41) is 8.79. The molecule has 0 heterocycles. The van der Waals surface area contributed by atoms with Gasteiger partial charge in [0.2, 0.25) is 0 Å². The minimum Gasteiger partial charge on any atom is -0.493 e. The first-order chi connectivity index (χ1) is 18.4. The lowest BCUT2D eigenvalue weighted by Crippen LogP contribution is -2.08. The number of carboxylic acid groups (broad SMARTS) is 1. The van der Waals surface area contributed by atoms with Crippen molar-refractivity contribution in [2.45, 2.75) is 59.0 Å². The molecule has 0 aliphatic heterocycles. The highest BCUT2D eigenvalue weighted by atomic mass is 16.5. The number of hydrogen-bond donors (Lipinski definition) is 2. The van der Waals surface area contributed by atoms with Crippen LogP contribution >= 0.6 is 0 Å². The number of aliphatic carboxylic acids is 1. The Kier molecular flexibility index (Phi) is 11.0. The molecule has 3 rings (SSSR count). The van der Waals surface area contributed by atoms with E-state index in [1.165, 1.54) is 30.9 Å². The van der Waals surface area contributed by atoms with Crippen LogP contribution in [0.25, 0.3) is 6.08 Å². The van der Waals surface area contributed by atoms with Gasteiger partial charge in [-0.2, -0.15) is 0 Å². The molecule has 3 N–H and O–H groups in total. The van der Waals surface area contributed by atoms with Crippen LogP contribution in [0.15, 0.2) is 66.7 Å². The topological polar surface area (TPSA) is 98.9 Å². The molecule has 3 aromatic carbocycles. The number of ketones is 1. The van der Waals surface area contributed by atoms with E-state index in [0.717, 1.165) is 28.9 Å². The standard InChI is InChI=1S/C32H37NO5/c1-3-4-5-8-24-12-14-25(15-13-24)22-38-27-18-16-26(23(2)21-27)17-19-29(34)32-28(33)9-6-10-30(32)37-20-7-11-31(35)36/h6,9-10,12-19,21H,3-5,7-8,11,20,22,33H2,1-2H3,(H,35,36). The molecule has 0 bridgehead atoms. The number of allylic oxidation sites excluding steroid dienone is 1. The van der Waals surface area contributed by atoms with Crippen LogP contribution in [0.3, 0.4) is 0 Å². The SMILES string of the molecule is CCCCCc1ccc(COc2ccc(C=CC(=O)c3c(N)cccc3OCCCC(=O)O)c(C)c2)cc1. The summed E-state index contributed by atoms with van der Waals surface area (Å²) >= 11 is 0. The summed E-state index contributed by atoms with van der Waals surface area (Å²) in [5.74, 6) is -0.0601. The Labute approximate surface area is 225 Å². The van der Waals surface area contributed by atoms with Crippen molar-refractivity contribution in [1.82, 2.24) is 0 Å². The number of anilines is 1. The summed E-state index contributed by atoms with van der Waals surface area (Å²) < 4.78 is 11.7. The Morgan fingerprint density at radius 1 is 0.947 bits per heavy atom. The largest absolute Gasteiger partial charge is 0.493 e. The fourth-order valence-electron chi connectivity index (χ4n) is 4.06. The van der Waals surface area contributed by atoms with Gasteiger partial charge in [0, 0.05) is 12.1 Å². The smallest absolute Gasteiger partial charge is 0.303 e. The highest BCUT2D eigenvalue weighted by molar-refractivity contribution is 6.12. The zero-order chi connectivity index (χ0) is 27.3. The molecule has 0 atom stereocenters. The molecule has 0 saturated heterocycles. The Morgan fingerprint density at radius 3 is 2.42 bits per heavy atom. The highest BCUT2D eigenvalue weighted by Gasteiger charge is 2.14. The molecule has 200 valence electrons. The quantitative estimate of drug-likeness (QED) is 0.0976. The number of hydrogen-bond acceptors (Lipinski definition) is 5. The second kappa shape index (κ2) is 14.6. The Morgan fingerprint density at radius 2 is 1.71 bits per heavy atom. The first-order valence-electron chi connectivity index (χ1n) is 13.1. The van der Waals surface area contributed by atoms with E-state index < -0.39 is 5.97 Å². The molecule has 0 aliphatic carbocycles. The average Bonchev–Trinajstić information content (AvgIpc) is 2.90. The molecule has 0 radical (unpaired) electrons. The van der Waals surface area contributed by atoms with Gasteiger partial charge in [0.15, 0.2) is 5.78 Å². The van der Waals surface area contributed by atoms with Crippen LogP contribution in [0.4, 0.5) is 5.69 Å². The van der Waals surface area contributed by atoms with E-state index in [1.54, 1.807) is 24.3 Å². The Balaban J connectivity index is 1.59. The third kappa shape index (κ3) is 8.80. The number of carbonyl (C=O) groups is 2. The summed E-state index contributed by atoms with van der Waals surface area (Å²) in [4.78, 5) is 23.7. The molecular weight excluding hydrogens is 478 g/mol. The second-order valence-electron chi connectivity index (χ2n) is 9.34. The normalized spacial score (nSPS) is 11.0. The van der Waals surface area contributed by atoms with Gasteiger partial charge in [-0.15, -0.1) is 0 Å². The van der Waals surface area contributed by atoms with Crippen LogP contribution in [0.5, 0.6) is 11.5 Å². The molecule has 3 aromatic rings. The summed E-state index contributed by atoms with van der Waals surface area (Å²) in [6.45, 7) is 4.86. The molecule has 6 heteroatoms. The maximum absolute atomic E-state index is 13.0.